The van der Waals surface area contributed by atoms with Crippen LogP contribution in [0.2, 0.25) is 0 Å². The van der Waals surface area contributed by atoms with E-state index in [0.717, 1.165) is 19.3 Å². The first kappa shape index (κ1) is 10.2. The number of carbonyl (C=O) groups is 1. The van der Waals surface area contributed by atoms with E-state index in [1.165, 1.54) is 0 Å². The molecular weight excluding hydrogens is 140 g/mol. The van der Waals surface area contributed by atoms with Crippen LogP contribution in [0, 0.1) is 5.92 Å². The summed E-state index contributed by atoms with van der Waals surface area (Å²) in [5.41, 5.74) is 0. The van der Waals surface area contributed by atoms with Crippen LogP contribution in [-0.4, -0.2) is 11.1 Å². The minimum atomic E-state index is -0.669. The molecule has 2 nitrogen and oxygen atoms in total. The number of allylic oxidation sites excluding steroid dienone is 2. The Bertz CT molecular complexity index is 138. The number of rotatable bonds is 5. The first-order valence-electron chi connectivity index (χ1n) is 4.06. The normalized spacial score (nSPS) is 13.6. The molecule has 0 aliphatic heterocycles. The molecule has 0 spiro atoms. The standard InChI is InChI=1S/C9H16O2/c1-3-5-6-7-8(4-2)9(10)11/h3,5,8H,4,6-7H2,1-2H3,(H,10,11). The molecule has 0 aliphatic rings. The van der Waals surface area contributed by atoms with Crippen LogP contribution in [0.1, 0.15) is 33.1 Å². The Hall–Kier alpha value is -0.790. The fraction of sp³-hybridized carbons (Fsp3) is 0.667. The first-order chi connectivity index (χ1) is 5.22. The first-order valence-corrected chi connectivity index (χ1v) is 4.06. The molecule has 0 radical (unpaired) electrons. The number of carboxylic acid groups (broad SMARTS) is 1. The SMILES string of the molecule is CC=CCCC(CC)C(=O)O. The van der Waals surface area contributed by atoms with Crippen molar-refractivity contribution in [3.05, 3.63) is 12.2 Å². The van der Waals surface area contributed by atoms with Crippen molar-refractivity contribution in [2.75, 3.05) is 0 Å². The van der Waals surface area contributed by atoms with Gasteiger partial charge in [0.05, 0.1) is 5.92 Å². The van der Waals surface area contributed by atoms with Crippen LogP contribution in [-0.2, 0) is 4.79 Å². The van der Waals surface area contributed by atoms with Crippen LogP contribution in [0.5, 0.6) is 0 Å². The summed E-state index contributed by atoms with van der Waals surface area (Å²) in [6.07, 6.45) is 6.32. The molecule has 0 aliphatic carbocycles. The van der Waals surface area contributed by atoms with Crippen LogP contribution >= 0.6 is 0 Å². The summed E-state index contributed by atoms with van der Waals surface area (Å²) in [5, 5.41) is 8.65. The van der Waals surface area contributed by atoms with Gasteiger partial charge in [0, 0.05) is 0 Å². The highest BCUT2D eigenvalue weighted by atomic mass is 16.4. The van der Waals surface area contributed by atoms with Crippen molar-refractivity contribution in [3.63, 3.8) is 0 Å². The van der Waals surface area contributed by atoms with E-state index in [2.05, 4.69) is 0 Å². The number of carboxylic acids is 1. The zero-order chi connectivity index (χ0) is 8.69. The summed E-state index contributed by atoms with van der Waals surface area (Å²) in [7, 11) is 0. The predicted octanol–water partition coefficient (Wildman–Crippen LogP) is 2.45. The molecule has 11 heavy (non-hydrogen) atoms. The lowest BCUT2D eigenvalue weighted by Crippen LogP contribution is -2.11. The van der Waals surface area contributed by atoms with Gasteiger partial charge in [-0.1, -0.05) is 19.1 Å². The Labute approximate surface area is 67.9 Å². The van der Waals surface area contributed by atoms with E-state index in [4.69, 9.17) is 5.11 Å². The van der Waals surface area contributed by atoms with Crippen molar-refractivity contribution in [2.24, 2.45) is 5.92 Å². The maximum absolute atomic E-state index is 10.5. The average molecular weight is 156 g/mol. The molecular formula is C9H16O2. The van der Waals surface area contributed by atoms with E-state index in [1.807, 2.05) is 26.0 Å². The lowest BCUT2D eigenvalue weighted by Gasteiger charge is -2.06. The quantitative estimate of drug-likeness (QED) is 0.621. The summed E-state index contributed by atoms with van der Waals surface area (Å²) in [6, 6.07) is 0. The number of aliphatic carboxylic acids is 1. The van der Waals surface area contributed by atoms with Gasteiger partial charge >= 0.3 is 5.97 Å². The molecule has 1 unspecified atom stereocenters. The van der Waals surface area contributed by atoms with Gasteiger partial charge in [-0.05, 0) is 26.2 Å². The highest BCUT2D eigenvalue weighted by Crippen LogP contribution is 2.10. The smallest absolute Gasteiger partial charge is 0.306 e. The summed E-state index contributed by atoms with van der Waals surface area (Å²) in [6.45, 7) is 3.86. The second kappa shape index (κ2) is 5.96. The van der Waals surface area contributed by atoms with Crippen LogP contribution < -0.4 is 0 Å². The Morgan fingerprint density at radius 2 is 2.27 bits per heavy atom. The average Bonchev–Trinajstić information content (AvgIpc) is 1.97. The van der Waals surface area contributed by atoms with Gasteiger partial charge in [-0.3, -0.25) is 4.79 Å². The zero-order valence-electron chi connectivity index (χ0n) is 7.21. The Balaban J connectivity index is 3.61. The van der Waals surface area contributed by atoms with E-state index in [-0.39, 0.29) is 5.92 Å². The van der Waals surface area contributed by atoms with E-state index < -0.39 is 5.97 Å². The molecule has 0 fully saturated rings. The van der Waals surface area contributed by atoms with Gasteiger partial charge in [0.15, 0.2) is 0 Å². The Kier molecular flexibility index (Phi) is 5.53. The Morgan fingerprint density at radius 3 is 2.64 bits per heavy atom. The van der Waals surface area contributed by atoms with Gasteiger partial charge in [0.1, 0.15) is 0 Å². The minimum Gasteiger partial charge on any atom is -0.481 e. The second-order valence-electron chi connectivity index (χ2n) is 2.59. The molecule has 1 N–H and O–H groups in total. The summed E-state index contributed by atoms with van der Waals surface area (Å²) in [4.78, 5) is 10.5. The monoisotopic (exact) mass is 156 g/mol. The molecule has 0 bridgehead atoms. The van der Waals surface area contributed by atoms with Crippen molar-refractivity contribution in [2.45, 2.75) is 33.1 Å². The molecule has 2 heteroatoms. The second-order valence-corrected chi connectivity index (χ2v) is 2.59. The van der Waals surface area contributed by atoms with Gasteiger partial charge in [-0.25, -0.2) is 0 Å². The third kappa shape index (κ3) is 4.59. The molecule has 0 rings (SSSR count). The highest BCUT2D eigenvalue weighted by Gasteiger charge is 2.12. The molecule has 0 aromatic carbocycles. The summed E-state index contributed by atoms with van der Waals surface area (Å²) in [5.74, 6) is -0.830. The van der Waals surface area contributed by atoms with Crippen LogP contribution in [0.15, 0.2) is 12.2 Å². The van der Waals surface area contributed by atoms with Crippen molar-refractivity contribution in [1.82, 2.24) is 0 Å². The molecule has 0 heterocycles. The lowest BCUT2D eigenvalue weighted by atomic mass is 10.0. The molecule has 0 aromatic heterocycles. The topological polar surface area (TPSA) is 37.3 Å². The molecule has 1 atom stereocenters. The fourth-order valence-electron chi connectivity index (χ4n) is 0.966. The van der Waals surface area contributed by atoms with E-state index in [1.54, 1.807) is 0 Å². The van der Waals surface area contributed by atoms with Gasteiger partial charge in [0.2, 0.25) is 0 Å². The van der Waals surface area contributed by atoms with Crippen LogP contribution in [0.4, 0.5) is 0 Å². The van der Waals surface area contributed by atoms with Crippen LogP contribution in [0.25, 0.3) is 0 Å². The largest absolute Gasteiger partial charge is 0.481 e. The molecule has 0 amide bonds. The third-order valence-corrected chi connectivity index (χ3v) is 1.76. The predicted molar refractivity (Wildman–Crippen MR) is 45.5 cm³/mol. The summed E-state index contributed by atoms with van der Waals surface area (Å²) < 4.78 is 0. The molecule has 0 aromatic rings. The third-order valence-electron chi connectivity index (χ3n) is 1.76. The maximum Gasteiger partial charge on any atom is 0.306 e. The lowest BCUT2D eigenvalue weighted by molar-refractivity contribution is -0.142. The van der Waals surface area contributed by atoms with Gasteiger partial charge in [-0.15, -0.1) is 0 Å². The molecule has 0 saturated heterocycles. The van der Waals surface area contributed by atoms with E-state index in [9.17, 15) is 4.79 Å². The van der Waals surface area contributed by atoms with Crippen LogP contribution in [0.3, 0.4) is 0 Å². The zero-order valence-corrected chi connectivity index (χ0v) is 7.21. The van der Waals surface area contributed by atoms with E-state index >= 15 is 0 Å². The van der Waals surface area contributed by atoms with Gasteiger partial charge in [-0.2, -0.15) is 0 Å². The van der Waals surface area contributed by atoms with Gasteiger partial charge in [0.25, 0.3) is 0 Å². The van der Waals surface area contributed by atoms with Crippen molar-refractivity contribution in [3.8, 4) is 0 Å². The van der Waals surface area contributed by atoms with E-state index in [0.29, 0.717) is 0 Å². The maximum atomic E-state index is 10.5. The molecule has 64 valence electrons. The summed E-state index contributed by atoms with van der Waals surface area (Å²) >= 11 is 0. The number of hydrogen-bond acceptors (Lipinski definition) is 1. The van der Waals surface area contributed by atoms with Crippen molar-refractivity contribution < 1.29 is 9.90 Å². The molecule has 0 saturated carbocycles. The highest BCUT2D eigenvalue weighted by molar-refractivity contribution is 5.69. The Morgan fingerprint density at radius 1 is 1.64 bits per heavy atom. The fourth-order valence-corrected chi connectivity index (χ4v) is 0.966. The van der Waals surface area contributed by atoms with Crippen molar-refractivity contribution >= 4 is 5.97 Å². The number of hydrogen-bond donors (Lipinski definition) is 1. The minimum absolute atomic E-state index is 0.161. The van der Waals surface area contributed by atoms with Gasteiger partial charge < -0.3 is 5.11 Å². The van der Waals surface area contributed by atoms with Crippen molar-refractivity contribution in [1.29, 1.82) is 0 Å².